The van der Waals surface area contributed by atoms with E-state index < -0.39 is 25.9 Å². The number of ether oxygens (including phenoxy) is 2. The molecule has 0 aromatic heterocycles. The highest BCUT2D eigenvalue weighted by Crippen LogP contribution is 2.22. The van der Waals surface area contributed by atoms with Gasteiger partial charge in [0.15, 0.2) is 16.6 Å². The van der Waals surface area contributed by atoms with Crippen LogP contribution in [0.5, 0.6) is 0 Å². The summed E-state index contributed by atoms with van der Waals surface area (Å²) >= 11 is 0. The molecule has 0 aliphatic heterocycles. The molecular formula is C15H37O5Si3. The Labute approximate surface area is 146 Å². The predicted molar refractivity (Wildman–Crippen MR) is 102 cm³/mol. The maximum absolute atomic E-state index is 8.75. The predicted octanol–water partition coefficient (Wildman–Crippen LogP) is 3.16. The van der Waals surface area contributed by atoms with Crippen LogP contribution >= 0.6 is 0 Å². The molecule has 8 heteroatoms. The molecule has 5 nitrogen and oxygen atoms in total. The molecule has 0 aromatic rings. The van der Waals surface area contributed by atoms with Crippen molar-refractivity contribution < 1.29 is 22.8 Å². The first-order valence-electron chi connectivity index (χ1n) is 8.55. The molecule has 1 radical (unpaired) electrons. The van der Waals surface area contributed by atoms with Gasteiger partial charge in [0, 0.05) is 0 Å². The second-order valence-corrected chi connectivity index (χ2v) is 19.1. The average Bonchev–Trinajstić information content (AvgIpc) is 2.38. The van der Waals surface area contributed by atoms with Gasteiger partial charge in [-0.3, -0.25) is 0 Å². The molecule has 0 saturated carbocycles. The van der Waals surface area contributed by atoms with E-state index in [0.717, 1.165) is 6.42 Å². The van der Waals surface area contributed by atoms with Gasteiger partial charge in [-0.1, -0.05) is 20.3 Å². The molecule has 2 atom stereocenters. The lowest BCUT2D eigenvalue weighted by atomic mass is 10.1. The standard InChI is InChI=1S/C15H37O5Si3/c1-9-14(2)15(18-13-12-17-11-10-16)21(19-22(3,4)5)20-23(6,7)8/h14-16H,9-13H2,1-8H3. The number of aliphatic hydroxyl groups is 1. The highest BCUT2D eigenvalue weighted by Gasteiger charge is 2.39. The normalized spacial score (nSPS) is 15.9. The molecule has 2 unspecified atom stereocenters. The third kappa shape index (κ3) is 12.5. The lowest BCUT2D eigenvalue weighted by molar-refractivity contribution is -0.00257. The topological polar surface area (TPSA) is 57.2 Å². The van der Waals surface area contributed by atoms with Gasteiger partial charge in [0.25, 0.3) is 0 Å². The summed E-state index contributed by atoms with van der Waals surface area (Å²) in [5.41, 5.74) is 0.00109. The van der Waals surface area contributed by atoms with Crippen LogP contribution in [0.1, 0.15) is 20.3 Å². The molecule has 0 aliphatic carbocycles. The van der Waals surface area contributed by atoms with Gasteiger partial charge in [-0.25, -0.2) is 0 Å². The Kier molecular flexibility index (Phi) is 11.4. The quantitative estimate of drug-likeness (QED) is 0.392. The van der Waals surface area contributed by atoms with Gasteiger partial charge in [0.1, 0.15) is 5.73 Å². The summed E-state index contributed by atoms with van der Waals surface area (Å²) < 4.78 is 24.3. The van der Waals surface area contributed by atoms with Gasteiger partial charge in [0.2, 0.25) is 0 Å². The van der Waals surface area contributed by atoms with Crippen LogP contribution in [0.3, 0.4) is 0 Å². The van der Waals surface area contributed by atoms with E-state index >= 15 is 0 Å². The summed E-state index contributed by atoms with van der Waals surface area (Å²) in [5.74, 6) is 0.384. The zero-order valence-corrected chi connectivity index (χ0v) is 19.3. The van der Waals surface area contributed by atoms with Crippen molar-refractivity contribution in [3.8, 4) is 0 Å². The summed E-state index contributed by atoms with van der Waals surface area (Å²) in [6.45, 7) is 19.0. The van der Waals surface area contributed by atoms with Crippen LogP contribution in [-0.2, 0) is 17.7 Å². The van der Waals surface area contributed by atoms with E-state index in [1.165, 1.54) is 0 Å². The molecule has 0 heterocycles. The van der Waals surface area contributed by atoms with E-state index in [9.17, 15) is 0 Å². The fourth-order valence-electron chi connectivity index (χ4n) is 1.82. The second-order valence-electron chi connectivity index (χ2n) is 7.76. The number of aliphatic hydroxyl groups excluding tert-OH is 1. The van der Waals surface area contributed by atoms with Crippen LogP contribution in [-0.4, -0.2) is 63.2 Å². The Balaban J connectivity index is 4.91. The molecule has 0 spiro atoms. The van der Waals surface area contributed by atoms with Crippen molar-refractivity contribution in [2.75, 3.05) is 26.4 Å². The zero-order valence-electron chi connectivity index (χ0n) is 16.3. The summed E-state index contributed by atoms with van der Waals surface area (Å²) in [6, 6.07) is 0. The summed E-state index contributed by atoms with van der Waals surface area (Å²) in [5, 5.41) is 8.75. The van der Waals surface area contributed by atoms with Crippen LogP contribution in [0.15, 0.2) is 0 Å². The molecule has 0 aliphatic rings. The van der Waals surface area contributed by atoms with Crippen LogP contribution in [0.4, 0.5) is 0 Å². The molecule has 139 valence electrons. The molecule has 0 bridgehead atoms. The van der Waals surface area contributed by atoms with Gasteiger partial charge in [-0.15, -0.1) is 0 Å². The van der Waals surface area contributed by atoms with Crippen LogP contribution in [0, 0.1) is 5.92 Å². The van der Waals surface area contributed by atoms with Crippen molar-refractivity contribution in [1.29, 1.82) is 0 Å². The van der Waals surface area contributed by atoms with Crippen molar-refractivity contribution in [3.05, 3.63) is 0 Å². The average molecular weight is 382 g/mol. The number of rotatable bonds is 13. The van der Waals surface area contributed by atoms with Gasteiger partial charge in [-0.05, 0) is 45.2 Å². The van der Waals surface area contributed by atoms with E-state index in [-0.39, 0.29) is 12.3 Å². The minimum atomic E-state index is -1.70. The summed E-state index contributed by atoms with van der Waals surface area (Å²) in [6.07, 6.45) is 1.03. The first-order valence-corrected chi connectivity index (χ1v) is 16.8. The van der Waals surface area contributed by atoms with Crippen LogP contribution < -0.4 is 0 Å². The van der Waals surface area contributed by atoms with E-state index in [4.69, 9.17) is 22.8 Å². The minimum absolute atomic E-state index is 0.00109. The maximum Gasteiger partial charge on any atom is 0.394 e. The Hall–Kier alpha value is 0.451. The zero-order chi connectivity index (χ0) is 18.1. The molecule has 0 aromatic carbocycles. The molecule has 0 fully saturated rings. The summed E-state index contributed by atoms with van der Waals surface area (Å²) in [7, 11) is -4.91. The highest BCUT2D eigenvalue weighted by atomic mass is 28.4. The van der Waals surface area contributed by atoms with Crippen molar-refractivity contribution in [2.24, 2.45) is 5.92 Å². The number of hydrogen-bond donors (Lipinski definition) is 1. The third-order valence-corrected chi connectivity index (χ3v) is 10.7. The first kappa shape index (κ1) is 23.5. The summed E-state index contributed by atoms with van der Waals surface area (Å²) in [4.78, 5) is 0. The lowest BCUT2D eigenvalue weighted by Gasteiger charge is -2.36. The molecular weight excluding hydrogens is 344 g/mol. The van der Waals surface area contributed by atoms with E-state index in [1.54, 1.807) is 0 Å². The third-order valence-electron chi connectivity index (χ3n) is 2.97. The highest BCUT2D eigenvalue weighted by molar-refractivity contribution is 6.81. The van der Waals surface area contributed by atoms with Gasteiger partial charge < -0.3 is 22.8 Å². The Morgan fingerprint density at radius 3 is 1.83 bits per heavy atom. The van der Waals surface area contributed by atoms with Crippen LogP contribution in [0.2, 0.25) is 39.3 Å². The first-order chi connectivity index (χ1) is 10.5. The SMILES string of the molecule is CCC(C)C(OCCOCCO)[Si](O[Si](C)(C)C)O[Si](C)(C)C. The lowest BCUT2D eigenvalue weighted by Crippen LogP contribution is -2.53. The largest absolute Gasteiger partial charge is 0.434 e. The Morgan fingerprint density at radius 1 is 0.913 bits per heavy atom. The Bertz CT molecular complexity index is 288. The smallest absolute Gasteiger partial charge is 0.394 e. The molecule has 0 amide bonds. The molecule has 23 heavy (non-hydrogen) atoms. The molecule has 0 saturated heterocycles. The van der Waals surface area contributed by atoms with Gasteiger partial charge in [0.05, 0.1) is 26.4 Å². The fourth-order valence-corrected chi connectivity index (χ4v) is 9.07. The van der Waals surface area contributed by atoms with Crippen molar-refractivity contribution in [1.82, 2.24) is 0 Å². The molecule has 1 N–H and O–H groups in total. The monoisotopic (exact) mass is 381 g/mol. The van der Waals surface area contributed by atoms with Crippen molar-refractivity contribution in [2.45, 2.75) is 65.3 Å². The van der Waals surface area contributed by atoms with Crippen molar-refractivity contribution >= 4 is 25.9 Å². The fraction of sp³-hybridized carbons (Fsp3) is 1.00. The van der Waals surface area contributed by atoms with Crippen LogP contribution in [0.25, 0.3) is 0 Å². The second kappa shape index (κ2) is 11.1. The van der Waals surface area contributed by atoms with E-state index in [1.807, 2.05) is 0 Å². The maximum atomic E-state index is 8.75. The van der Waals surface area contributed by atoms with Crippen molar-refractivity contribution in [3.63, 3.8) is 0 Å². The van der Waals surface area contributed by atoms with E-state index in [2.05, 4.69) is 53.1 Å². The Morgan fingerprint density at radius 2 is 1.43 bits per heavy atom. The molecule has 0 rings (SSSR count). The van der Waals surface area contributed by atoms with Gasteiger partial charge in [-0.2, -0.15) is 0 Å². The van der Waals surface area contributed by atoms with E-state index in [0.29, 0.717) is 25.7 Å². The van der Waals surface area contributed by atoms with Gasteiger partial charge >= 0.3 is 9.28 Å². The minimum Gasteiger partial charge on any atom is -0.434 e. The number of hydrogen-bond acceptors (Lipinski definition) is 5.